The van der Waals surface area contributed by atoms with Gasteiger partial charge in [0.2, 0.25) is 0 Å². The van der Waals surface area contributed by atoms with Gasteiger partial charge in [0, 0.05) is 12.4 Å². The SMILES string of the molecule is CC(C)C(SCc1ncccn1)C(=O)O. The Hall–Kier alpha value is -1.10. The number of hydrogen-bond acceptors (Lipinski definition) is 4. The number of aliphatic carboxylic acids is 1. The Kier molecular flexibility index (Phi) is 4.55. The van der Waals surface area contributed by atoms with E-state index in [1.807, 2.05) is 13.8 Å². The van der Waals surface area contributed by atoms with E-state index in [9.17, 15) is 4.79 Å². The number of carboxylic acid groups (broad SMARTS) is 1. The minimum absolute atomic E-state index is 0.108. The Balaban J connectivity index is 2.51. The molecule has 0 saturated heterocycles. The van der Waals surface area contributed by atoms with Crippen molar-refractivity contribution in [1.82, 2.24) is 9.97 Å². The van der Waals surface area contributed by atoms with E-state index in [-0.39, 0.29) is 5.92 Å². The fourth-order valence-electron chi connectivity index (χ4n) is 1.12. The second-order valence-electron chi connectivity index (χ2n) is 3.48. The Morgan fingerprint density at radius 2 is 2.07 bits per heavy atom. The molecule has 0 bridgehead atoms. The second-order valence-corrected chi connectivity index (χ2v) is 4.61. The number of thioether (sulfide) groups is 1. The van der Waals surface area contributed by atoms with E-state index in [1.54, 1.807) is 18.5 Å². The number of nitrogens with zero attached hydrogens (tertiary/aromatic N) is 2. The Labute approximate surface area is 93.1 Å². The Morgan fingerprint density at radius 1 is 1.47 bits per heavy atom. The quantitative estimate of drug-likeness (QED) is 0.829. The lowest BCUT2D eigenvalue weighted by Gasteiger charge is -2.14. The molecular weight excluding hydrogens is 212 g/mol. The van der Waals surface area contributed by atoms with Crippen molar-refractivity contribution >= 4 is 17.7 Å². The van der Waals surface area contributed by atoms with Gasteiger partial charge in [0.1, 0.15) is 11.1 Å². The van der Waals surface area contributed by atoms with Gasteiger partial charge in [0.05, 0.1) is 5.75 Å². The highest BCUT2D eigenvalue weighted by Gasteiger charge is 2.21. The molecule has 1 heterocycles. The summed E-state index contributed by atoms with van der Waals surface area (Å²) in [5.74, 6) is 0.548. The van der Waals surface area contributed by atoms with E-state index in [4.69, 9.17) is 5.11 Å². The van der Waals surface area contributed by atoms with E-state index in [1.165, 1.54) is 11.8 Å². The number of carbonyl (C=O) groups is 1. The standard InChI is InChI=1S/C10H14N2O2S/c1-7(2)9(10(13)14)15-6-8-11-4-3-5-12-8/h3-5,7,9H,6H2,1-2H3,(H,13,14). The lowest BCUT2D eigenvalue weighted by Crippen LogP contribution is -2.22. The van der Waals surface area contributed by atoms with Crippen molar-refractivity contribution < 1.29 is 9.90 Å². The highest BCUT2D eigenvalue weighted by atomic mass is 32.2. The normalized spacial score (nSPS) is 12.7. The van der Waals surface area contributed by atoms with Crippen LogP contribution in [0.3, 0.4) is 0 Å². The van der Waals surface area contributed by atoms with Gasteiger partial charge in [0.15, 0.2) is 0 Å². The molecule has 82 valence electrons. The molecule has 1 atom stereocenters. The fraction of sp³-hybridized carbons (Fsp3) is 0.500. The van der Waals surface area contributed by atoms with Gasteiger partial charge in [-0.1, -0.05) is 13.8 Å². The van der Waals surface area contributed by atoms with Crippen LogP contribution in [-0.2, 0) is 10.5 Å². The molecule has 0 aliphatic carbocycles. The van der Waals surface area contributed by atoms with Crippen LogP contribution in [0.5, 0.6) is 0 Å². The molecule has 4 nitrogen and oxygen atoms in total. The van der Waals surface area contributed by atoms with Gasteiger partial charge in [-0.2, -0.15) is 0 Å². The van der Waals surface area contributed by atoms with Crippen LogP contribution in [0.25, 0.3) is 0 Å². The first-order chi connectivity index (χ1) is 7.11. The van der Waals surface area contributed by atoms with E-state index in [2.05, 4.69) is 9.97 Å². The van der Waals surface area contributed by atoms with Crippen molar-refractivity contribution in [2.24, 2.45) is 5.92 Å². The average molecular weight is 226 g/mol. The van der Waals surface area contributed by atoms with Crippen LogP contribution in [-0.4, -0.2) is 26.3 Å². The smallest absolute Gasteiger partial charge is 0.316 e. The third-order valence-electron chi connectivity index (χ3n) is 1.86. The topological polar surface area (TPSA) is 63.1 Å². The number of hydrogen-bond donors (Lipinski definition) is 1. The van der Waals surface area contributed by atoms with Crippen LogP contribution in [0.2, 0.25) is 0 Å². The number of aromatic nitrogens is 2. The summed E-state index contributed by atoms with van der Waals surface area (Å²) in [7, 11) is 0. The first kappa shape index (κ1) is 12.0. The number of rotatable bonds is 5. The highest BCUT2D eigenvalue weighted by molar-refractivity contribution is 7.99. The zero-order chi connectivity index (χ0) is 11.3. The molecule has 0 spiro atoms. The molecule has 0 amide bonds. The summed E-state index contributed by atoms with van der Waals surface area (Å²) in [6.45, 7) is 3.80. The first-order valence-electron chi connectivity index (χ1n) is 4.71. The maximum absolute atomic E-state index is 10.9. The monoisotopic (exact) mass is 226 g/mol. The molecule has 1 rings (SSSR count). The zero-order valence-corrected chi connectivity index (χ0v) is 9.57. The summed E-state index contributed by atoms with van der Waals surface area (Å²) in [4.78, 5) is 19.0. The first-order valence-corrected chi connectivity index (χ1v) is 5.76. The zero-order valence-electron chi connectivity index (χ0n) is 8.75. The predicted octanol–water partition coefficient (Wildman–Crippen LogP) is 1.82. The van der Waals surface area contributed by atoms with E-state index < -0.39 is 11.2 Å². The molecule has 1 aromatic rings. The molecule has 1 aromatic heterocycles. The Morgan fingerprint density at radius 3 is 2.53 bits per heavy atom. The van der Waals surface area contributed by atoms with Gasteiger partial charge in [-0.05, 0) is 12.0 Å². The van der Waals surface area contributed by atoms with Gasteiger partial charge in [-0.15, -0.1) is 11.8 Å². The molecule has 15 heavy (non-hydrogen) atoms. The van der Waals surface area contributed by atoms with E-state index in [0.29, 0.717) is 11.6 Å². The summed E-state index contributed by atoms with van der Waals surface area (Å²) < 4.78 is 0. The molecule has 1 N–H and O–H groups in total. The van der Waals surface area contributed by atoms with Crippen molar-refractivity contribution in [3.63, 3.8) is 0 Å². The lowest BCUT2D eigenvalue weighted by atomic mass is 10.1. The third-order valence-corrected chi connectivity index (χ3v) is 3.39. The molecule has 0 saturated carbocycles. The predicted molar refractivity (Wildman–Crippen MR) is 59.6 cm³/mol. The van der Waals surface area contributed by atoms with Crippen molar-refractivity contribution in [3.8, 4) is 0 Å². The van der Waals surface area contributed by atoms with Crippen molar-refractivity contribution in [3.05, 3.63) is 24.3 Å². The largest absolute Gasteiger partial charge is 0.480 e. The minimum Gasteiger partial charge on any atom is -0.480 e. The summed E-state index contributed by atoms with van der Waals surface area (Å²) in [5, 5.41) is 8.57. The molecule has 0 aliphatic rings. The van der Waals surface area contributed by atoms with Crippen molar-refractivity contribution in [2.45, 2.75) is 24.9 Å². The van der Waals surface area contributed by atoms with Gasteiger partial charge < -0.3 is 5.11 Å². The van der Waals surface area contributed by atoms with Gasteiger partial charge >= 0.3 is 5.97 Å². The number of carboxylic acids is 1. The molecule has 1 unspecified atom stereocenters. The van der Waals surface area contributed by atoms with Crippen LogP contribution in [0.15, 0.2) is 18.5 Å². The summed E-state index contributed by atoms with van der Waals surface area (Å²) in [5.41, 5.74) is 0. The van der Waals surface area contributed by atoms with E-state index in [0.717, 1.165) is 0 Å². The van der Waals surface area contributed by atoms with Crippen LogP contribution in [0.1, 0.15) is 19.7 Å². The van der Waals surface area contributed by atoms with Crippen LogP contribution < -0.4 is 0 Å². The van der Waals surface area contributed by atoms with Gasteiger partial charge in [0.25, 0.3) is 0 Å². The molecule has 0 fully saturated rings. The lowest BCUT2D eigenvalue weighted by molar-refractivity contribution is -0.137. The summed E-state index contributed by atoms with van der Waals surface area (Å²) in [6, 6.07) is 1.74. The minimum atomic E-state index is -0.772. The van der Waals surface area contributed by atoms with Gasteiger partial charge in [-0.3, -0.25) is 4.79 Å². The molecule has 0 aliphatic heterocycles. The van der Waals surface area contributed by atoms with Crippen LogP contribution in [0.4, 0.5) is 0 Å². The highest BCUT2D eigenvalue weighted by Crippen LogP contribution is 2.22. The average Bonchev–Trinajstić information content (AvgIpc) is 2.18. The third kappa shape index (κ3) is 3.87. The fourth-order valence-corrected chi connectivity index (χ4v) is 2.12. The van der Waals surface area contributed by atoms with Crippen LogP contribution in [0, 0.1) is 5.92 Å². The Bertz CT molecular complexity index is 316. The van der Waals surface area contributed by atoms with Crippen molar-refractivity contribution in [1.29, 1.82) is 0 Å². The van der Waals surface area contributed by atoms with Gasteiger partial charge in [-0.25, -0.2) is 9.97 Å². The molecular formula is C10H14N2O2S. The molecule has 0 aromatic carbocycles. The maximum Gasteiger partial charge on any atom is 0.316 e. The van der Waals surface area contributed by atoms with E-state index >= 15 is 0 Å². The maximum atomic E-state index is 10.9. The molecule has 5 heteroatoms. The van der Waals surface area contributed by atoms with Crippen molar-refractivity contribution in [2.75, 3.05) is 0 Å². The summed E-state index contributed by atoms with van der Waals surface area (Å²) in [6.07, 6.45) is 3.32. The van der Waals surface area contributed by atoms with Crippen LogP contribution >= 0.6 is 11.8 Å². The summed E-state index contributed by atoms with van der Waals surface area (Å²) >= 11 is 1.37. The molecule has 0 radical (unpaired) electrons. The second kappa shape index (κ2) is 5.70.